The summed E-state index contributed by atoms with van der Waals surface area (Å²) in [6.45, 7) is 14.0. The van der Waals surface area contributed by atoms with Crippen LogP contribution in [-0.2, 0) is 9.47 Å². The van der Waals surface area contributed by atoms with Crippen molar-refractivity contribution in [2.24, 2.45) is 4.99 Å². The number of hydrogen-bond donors (Lipinski definition) is 2. The first-order valence-electron chi connectivity index (χ1n) is 9.91. The predicted molar refractivity (Wildman–Crippen MR) is 111 cm³/mol. The van der Waals surface area contributed by atoms with Crippen LogP contribution < -0.4 is 10.6 Å². The lowest BCUT2D eigenvalue weighted by Crippen LogP contribution is -2.46. The number of benzene rings is 1. The summed E-state index contributed by atoms with van der Waals surface area (Å²) in [5.74, 6) is 0.827. The zero-order valence-electron chi connectivity index (χ0n) is 17.5. The zero-order valence-corrected chi connectivity index (χ0v) is 17.5. The van der Waals surface area contributed by atoms with Gasteiger partial charge in [-0.25, -0.2) is 0 Å². The molecule has 1 unspecified atom stereocenters. The van der Waals surface area contributed by atoms with Crippen molar-refractivity contribution >= 4 is 5.96 Å². The summed E-state index contributed by atoms with van der Waals surface area (Å²) in [6, 6.07) is 9.06. The van der Waals surface area contributed by atoms with E-state index in [1.165, 1.54) is 11.1 Å². The van der Waals surface area contributed by atoms with Crippen molar-refractivity contribution in [2.45, 2.75) is 39.3 Å². The molecule has 0 aromatic heterocycles. The molecule has 1 aromatic rings. The third-order valence-corrected chi connectivity index (χ3v) is 4.89. The molecule has 0 saturated carbocycles. The van der Waals surface area contributed by atoms with Crippen LogP contribution in [0.5, 0.6) is 0 Å². The summed E-state index contributed by atoms with van der Waals surface area (Å²) in [7, 11) is 1.72. The largest absolute Gasteiger partial charge is 0.379 e. The van der Waals surface area contributed by atoms with E-state index in [1.807, 2.05) is 13.8 Å². The van der Waals surface area contributed by atoms with Crippen LogP contribution in [0.3, 0.4) is 0 Å². The number of aryl methyl sites for hydroxylation is 1. The van der Waals surface area contributed by atoms with Crippen molar-refractivity contribution in [1.82, 2.24) is 15.5 Å². The lowest BCUT2D eigenvalue weighted by molar-refractivity contribution is 0.0169. The molecule has 2 rings (SSSR count). The molecule has 0 amide bonds. The maximum atomic E-state index is 5.55. The molecule has 0 aliphatic carbocycles. The highest BCUT2D eigenvalue weighted by Crippen LogP contribution is 2.22. The molecule has 1 heterocycles. The summed E-state index contributed by atoms with van der Waals surface area (Å²) in [5.41, 5.74) is 2.34. The second-order valence-electron chi connectivity index (χ2n) is 7.62. The second-order valence-corrected chi connectivity index (χ2v) is 7.62. The molecule has 1 atom stereocenters. The minimum Gasteiger partial charge on any atom is -0.379 e. The van der Waals surface area contributed by atoms with Gasteiger partial charge in [-0.15, -0.1) is 0 Å². The Bertz CT molecular complexity index is 598. The first kappa shape index (κ1) is 21.7. The van der Waals surface area contributed by atoms with Crippen LogP contribution >= 0.6 is 0 Å². The molecule has 0 spiro atoms. The average Bonchev–Trinajstić information content (AvgIpc) is 2.67. The third-order valence-electron chi connectivity index (χ3n) is 4.89. The smallest absolute Gasteiger partial charge is 0.191 e. The molecule has 27 heavy (non-hydrogen) atoms. The summed E-state index contributed by atoms with van der Waals surface area (Å²) >= 11 is 0. The molecule has 6 nitrogen and oxygen atoms in total. The predicted octanol–water partition coefficient (Wildman–Crippen LogP) is 2.35. The maximum Gasteiger partial charge on any atom is 0.191 e. The molecule has 6 heteroatoms. The first-order valence-corrected chi connectivity index (χ1v) is 9.91. The van der Waals surface area contributed by atoms with Gasteiger partial charge in [0.05, 0.1) is 31.4 Å². The standard InChI is InChI=1S/C21H36N4O2/c1-6-22-20(24-16-21(3,4)26-5)23-15-19(25-10-12-27-13-11-25)18-9-7-8-17(2)14-18/h7-9,14,19H,6,10-13,15-16H2,1-5H3,(H2,22,23,24). The summed E-state index contributed by atoms with van der Waals surface area (Å²) in [4.78, 5) is 7.20. The van der Waals surface area contributed by atoms with Gasteiger partial charge in [0.25, 0.3) is 0 Å². The number of hydrogen-bond acceptors (Lipinski definition) is 4. The zero-order chi connectivity index (χ0) is 19.7. The van der Waals surface area contributed by atoms with Crippen LogP contribution in [0.15, 0.2) is 29.3 Å². The lowest BCUT2D eigenvalue weighted by atomic mass is 10.0. The number of aliphatic imine (C=N–C) groups is 1. The monoisotopic (exact) mass is 376 g/mol. The van der Waals surface area contributed by atoms with Gasteiger partial charge in [0.1, 0.15) is 0 Å². The van der Waals surface area contributed by atoms with E-state index in [2.05, 4.69) is 53.6 Å². The van der Waals surface area contributed by atoms with E-state index in [0.717, 1.165) is 45.4 Å². The summed E-state index contributed by atoms with van der Waals surface area (Å²) in [6.07, 6.45) is 0. The topological polar surface area (TPSA) is 58.1 Å². The van der Waals surface area contributed by atoms with Crippen molar-refractivity contribution in [3.8, 4) is 0 Å². The van der Waals surface area contributed by atoms with Crippen LogP contribution in [0.2, 0.25) is 0 Å². The minimum absolute atomic E-state index is 0.275. The minimum atomic E-state index is -0.275. The molecule has 1 aliphatic heterocycles. The number of morpholine rings is 1. The summed E-state index contributed by atoms with van der Waals surface area (Å²) in [5, 5.41) is 6.87. The molecule has 1 saturated heterocycles. The highest BCUT2D eigenvalue weighted by Gasteiger charge is 2.23. The van der Waals surface area contributed by atoms with E-state index in [1.54, 1.807) is 7.11 Å². The molecular weight excluding hydrogens is 340 g/mol. The fourth-order valence-corrected chi connectivity index (χ4v) is 3.09. The van der Waals surface area contributed by atoms with Gasteiger partial charge in [0, 0.05) is 33.3 Å². The van der Waals surface area contributed by atoms with Crippen molar-refractivity contribution < 1.29 is 9.47 Å². The maximum absolute atomic E-state index is 5.55. The Balaban J connectivity index is 2.11. The number of nitrogens with zero attached hydrogens (tertiary/aromatic N) is 2. The van der Waals surface area contributed by atoms with Gasteiger partial charge in [0.2, 0.25) is 0 Å². The Morgan fingerprint density at radius 3 is 2.67 bits per heavy atom. The quantitative estimate of drug-likeness (QED) is 0.539. The molecular formula is C21H36N4O2. The van der Waals surface area contributed by atoms with Crippen LogP contribution in [0.4, 0.5) is 0 Å². The highest BCUT2D eigenvalue weighted by atomic mass is 16.5. The molecule has 2 N–H and O–H groups in total. The van der Waals surface area contributed by atoms with Gasteiger partial charge in [-0.2, -0.15) is 0 Å². The lowest BCUT2D eigenvalue weighted by Gasteiger charge is -2.35. The van der Waals surface area contributed by atoms with Crippen molar-refractivity contribution in [3.63, 3.8) is 0 Å². The number of nitrogens with one attached hydrogen (secondary N) is 2. The van der Waals surface area contributed by atoms with Gasteiger partial charge in [-0.3, -0.25) is 9.89 Å². The van der Waals surface area contributed by atoms with Crippen LogP contribution in [0.1, 0.15) is 37.9 Å². The van der Waals surface area contributed by atoms with Crippen molar-refractivity contribution in [3.05, 3.63) is 35.4 Å². The normalized spacial score (nSPS) is 17.6. The molecule has 0 radical (unpaired) electrons. The molecule has 152 valence electrons. The second kappa shape index (κ2) is 10.6. The fraction of sp³-hybridized carbons (Fsp3) is 0.667. The van der Waals surface area contributed by atoms with E-state index in [0.29, 0.717) is 6.54 Å². The average molecular weight is 377 g/mol. The first-order chi connectivity index (χ1) is 12.9. The third kappa shape index (κ3) is 7.13. The summed E-state index contributed by atoms with van der Waals surface area (Å²) < 4.78 is 11.0. The highest BCUT2D eigenvalue weighted by molar-refractivity contribution is 5.79. The van der Waals surface area contributed by atoms with E-state index >= 15 is 0 Å². The molecule has 1 fully saturated rings. The number of guanidine groups is 1. The SMILES string of the molecule is CCNC(=NCC(C)(C)OC)NCC(c1cccc(C)c1)N1CCOCC1. The number of methoxy groups -OCH3 is 1. The van der Waals surface area contributed by atoms with Gasteiger partial charge in [-0.05, 0) is 33.3 Å². The number of ether oxygens (including phenoxy) is 2. The number of rotatable bonds is 8. The van der Waals surface area contributed by atoms with E-state index in [4.69, 9.17) is 14.5 Å². The van der Waals surface area contributed by atoms with Crippen LogP contribution in [0, 0.1) is 6.92 Å². The Morgan fingerprint density at radius 2 is 2.04 bits per heavy atom. The van der Waals surface area contributed by atoms with Gasteiger partial charge in [0.15, 0.2) is 5.96 Å². The Hall–Kier alpha value is -1.63. The Morgan fingerprint density at radius 1 is 1.30 bits per heavy atom. The van der Waals surface area contributed by atoms with Crippen molar-refractivity contribution in [1.29, 1.82) is 0 Å². The van der Waals surface area contributed by atoms with Gasteiger partial charge < -0.3 is 20.1 Å². The van der Waals surface area contributed by atoms with Gasteiger partial charge >= 0.3 is 0 Å². The van der Waals surface area contributed by atoms with Gasteiger partial charge in [-0.1, -0.05) is 29.8 Å². The Kier molecular flexibility index (Phi) is 8.54. The van der Waals surface area contributed by atoms with E-state index < -0.39 is 0 Å². The van der Waals surface area contributed by atoms with E-state index in [-0.39, 0.29) is 11.6 Å². The molecule has 1 aromatic carbocycles. The molecule has 0 bridgehead atoms. The van der Waals surface area contributed by atoms with Crippen LogP contribution in [0.25, 0.3) is 0 Å². The van der Waals surface area contributed by atoms with Crippen LogP contribution in [-0.4, -0.2) is 69.5 Å². The Labute approximate surface area is 164 Å². The van der Waals surface area contributed by atoms with E-state index in [9.17, 15) is 0 Å². The van der Waals surface area contributed by atoms with Crippen molar-refractivity contribution in [2.75, 3.05) is 53.0 Å². The molecule has 1 aliphatic rings. The fourth-order valence-electron chi connectivity index (χ4n) is 3.09.